The summed E-state index contributed by atoms with van der Waals surface area (Å²) in [6, 6.07) is 15.2. The van der Waals surface area contributed by atoms with Gasteiger partial charge in [0.2, 0.25) is 6.10 Å². The summed E-state index contributed by atoms with van der Waals surface area (Å²) in [4.78, 5) is 18.7. The van der Waals surface area contributed by atoms with Gasteiger partial charge >= 0.3 is 0 Å². The molecule has 1 unspecified atom stereocenters. The van der Waals surface area contributed by atoms with E-state index in [9.17, 15) is 4.79 Å². The maximum Gasteiger partial charge on any atom is 0.267 e. The first kappa shape index (κ1) is 17.9. The molecule has 0 fully saturated rings. The van der Waals surface area contributed by atoms with Crippen LogP contribution in [0.15, 0.2) is 63.7 Å². The highest BCUT2D eigenvalue weighted by molar-refractivity contribution is 9.11. The number of rotatable bonds is 4. The molecular formula is C19H16Br2N2O2. The third kappa shape index (κ3) is 3.70. The van der Waals surface area contributed by atoms with E-state index in [1.807, 2.05) is 48.5 Å². The summed E-state index contributed by atoms with van der Waals surface area (Å²) in [6.07, 6.45) is 0.957. The van der Waals surface area contributed by atoms with Crippen LogP contribution in [0.3, 0.4) is 0 Å². The standard InChI is InChI=1S/C19H16Br2N2O2/c1-23(2)19(24)17(12-7-4-3-5-8-12)25-18-15(21)11-14(20)13-9-6-10-22-16(13)18/h3-11,17H,1-2H3. The molecule has 0 spiro atoms. The van der Waals surface area contributed by atoms with Crippen molar-refractivity contribution >= 4 is 48.7 Å². The lowest BCUT2D eigenvalue weighted by Crippen LogP contribution is -2.31. The van der Waals surface area contributed by atoms with E-state index in [4.69, 9.17) is 4.74 Å². The second kappa shape index (κ2) is 7.54. The minimum Gasteiger partial charge on any atom is -0.472 e. The van der Waals surface area contributed by atoms with Crippen LogP contribution in [0.25, 0.3) is 10.9 Å². The largest absolute Gasteiger partial charge is 0.472 e. The molecule has 2 aromatic carbocycles. The number of ether oxygens (including phenoxy) is 1. The maximum atomic E-state index is 12.7. The van der Waals surface area contributed by atoms with Crippen molar-refractivity contribution in [2.75, 3.05) is 14.1 Å². The molecule has 0 bridgehead atoms. The average Bonchev–Trinajstić information content (AvgIpc) is 2.62. The first-order valence-corrected chi connectivity index (χ1v) is 9.23. The number of halogens is 2. The molecule has 0 N–H and O–H groups in total. The van der Waals surface area contributed by atoms with Crippen LogP contribution in [0, 0.1) is 0 Å². The highest BCUT2D eigenvalue weighted by Crippen LogP contribution is 2.39. The van der Waals surface area contributed by atoms with Crippen molar-refractivity contribution in [1.29, 1.82) is 0 Å². The summed E-state index contributed by atoms with van der Waals surface area (Å²) in [5.41, 5.74) is 1.48. The Kier molecular flexibility index (Phi) is 5.39. The van der Waals surface area contributed by atoms with Crippen LogP contribution in [-0.4, -0.2) is 29.9 Å². The highest BCUT2D eigenvalue weighted by Gasteiger charge is 2.26. The van der Waals surface area contributed by atoms with Gasteiger partial charge < -0.3 is 9.64 Å². The fraction of sp³-hybridized carbons (Fsp3) is 0.158. The number of aromatic nitrogens is 1. The Morgan fingerprint density at radius 2 is 1.80 bits per heavy atom. The molecule has 1 heterocycles. The molecule has 6 heteroatoms. The van der Waals surface area contributed by atoms with E-state index in [1.165, 1.54) is 4.90 Å². The Labute approximate surface area is 163 Å². The fourth-order valence-corrected chi connectivity index (χ4v) is 3.87. The predicted molar refractivity (Wildman–Crippen MR) is 106 cm³/mol. The minimum absolute atomic E-state index is 0.134. The summed E-state index contributed by atoms with van der Waals surface area (Å²) in [5, 5.41) is 0.921. The molecule has 0 saturated carbocycles. The van der Waals surface area contributed by atoms with Crippen LogP contribution in [-0.2, 0) is 4.79 Å². The zero-order chi connectivity index (χ0) is 18.0. The van der Waals surface area contributed by atoms with E-state index in [1.54, 1.807) is 20.3 Å². The van der Waals surface area contributed by atoms with E-state index < -0.39 is 6.10 Å². The molecule has 4 nitrogen and oxygen atoms in total. The number of carbonyl (C=O) groups excluding carboxylic acids is 1. The molecule has 0 aliphatic heterocycles. The maximum absolute atomic E-state index is 12.7. The van der Waals surface area contributed by atoms with Gasteiger partial charge in [0.15, 0.2) is 5.75 Å². The lowest BCUT2D eigenvalue weighted by atomic mass is 10.1. The van der Waals surface area contributed by atoms with Gasteiger partial charge in [0.25, 0.3) is 5.91 Å². The first-order valence-electron chi connectivity index (χ1n) is 7.64. The number of likely N-dealkylation sites (N-methyl/N-ethyl adjacent to an activating group) is 1. The number of nitrogens with zero attached hydrogens (tertiary/aromatic N) is 2. The topological polar surface area (TPSA) is 42.4 Å². The van der Waals surface area contributed by atoms with Gasteiger partial charge in [-0.3, -0.25) is 9.78 Å². The van der Waals surface area contributed by atoms with Gasteiger partial charge in [-0.25, -0.2) is 0 Å². The van der Waals surface area contributed by atoms with Gasteiger partial charge in [-0.15, -0.1) is 0 Å². The van der Waals surface area contributed by atoms with Crippen molar-refractivity contribution in [2.45, 2.75) is 6.10 Å². The third-order valence-corrected chi connectivity index (χ3v) is 5.00. The monoisotopic (exact) mass is 462 g/mol. The van der Waals surface area contributed by atoms with Gasteiger partial charge in [0.05, 0.1) is 4.47 Å². The number of carbonyl (C=O) groups is 1. The van der Waals surface area contributed by atoms with Gasteiger partial charge in [0, 0.05) is 35.7 Å². The quantitative estimate of drug-likeness (QED) is 0.548. The van der Waals surface area contributed by atoms with Crippen LogP contribution in [0.1, 0.15) is 11.7 Å². The van der Waals surface area contributed by atoms with Crippen LogP contribution in [0.2, 0.25) is 0 Å². The van der Waals surface area contributed by atoms with Gasteiger partial charge in [-0.05, 0) is 28.1 Å². The summed E-state index contributed by atoms with van der Waals surface area (Å²) in [7, 11) is 3.43. The Morgan fingerprint density at radius 1 is 1.08 bits per heavy atom. The lowest BCUT2D eigenvalue weighted by Gasteiger charge is -2.23. The lowest BCUT2D eigenvalue weighted by molar-refractivity contribution is -0.136. The van der Waals surface area contributed by atoms with Gasteiger partial charge in [-0.1, -0.05) is 52.3 Å². The Bertz CT molecular complexity index is 914. The summed E-state index contributed by atoms with van der Waals surface area (Å²) >= 11 is 7.08. The number of amides is 1. The van der Waals surface area contributed by atoms with Crippen molar-refractivity contribution in [2.24, 2.45) is 0 Å². The zero-order valence-electron chi connectivity index (χ0n) is 13.7. The molecular weight excluding hydrogens is 448 g/mol. The van der Waals surface area contributed by atoms with Crippen molar-refractivity contribution in [1.82, 2.24) is 9.88 Å². The molecule has 0 saturated heterocycles. The number of benzene rings is 2. The van der Waals surface area contributed by atoms with Crippen LogP contribution < -0.4 is 4.74 Å². The summed E-state index contributed by atoms with van der Waals surface area (Å²) in [5.74, 6) is 0.410. The zero-order valence-corrected chi connectivity index (χ0v) is 16.9. The predicted octanol–water partition coefficient (Wildman–Crippen LogP) is 4.97. The van der Waals surface area contributed by atoms with Gasteiger partial charge in [-0.2, -0.15) is 0 Å². The van der Waals surface area contributed by atoms with Crippen molar-refractivity contribution in [3.8, 4) is 5.75 Å². The summed E-state index contributed by atoms with van der Waals surface area (Å²) < 4.78 is 7.84. The second-order valence-corrected chi connectivity index (χ2v) is 7.42. The highest BCUT2D eigenvalue weighted by atomic mass is 79.9. The molecule has 3 rings (SSSR count). The molecule has 0 radical (unpaired) electrons. The molecule has 0 aliphatic rings. The van der Waals surface area contributed by atoms with E-state index >= 15 is 0 Å². The van der Waals surface area contributed by atoms with Crippen molar-refractivity contribution < 1.29 is 9.53 Å². The van der Waals surface area contributed by atoms with Crippen molar-refractivity contribution in [3.05, 3.63) is 69.2 Å². The first-order chi connectivity index (χ1) is 12.0. The average molecular weight is 464 g/mol. The molecule has 3 aromatic rings. The third-order valence-electron chi connectivity index (χ3n) is 3.75. The van der Waals surface area contributed by atoms with Crippen LogP contribution >= 0.6 is 31.9 Å². The number of hydrogen-bond acceptors (Lipinski definition) is 3. The second-order valence-electron chi connectivity index (χ2n) is 5.71. The van der Waals surface area contributed by atoms with Crippen LogP contribution in [0.4, 0.5) is 0 Å². The Hall–Kier alpha value is -1.92. The smallest absolute Gasteiger partial charge is 0.267 e. The Morgan fingerprint density at radius 3 is 2.48 bits per heavy atom. The van der Waals surface area contributed by atoms with Crippen molar-refractivity contribution in [3.63, 3.8) is 0 Å². The molecule has 1 amide bonds. The normalized spacial score (nSPS) is 12.0. The fourth-order valence-electron chi connectivity index (χ4n) is 2.50. The van der Waals surface area contributed by atoms with E-state index in [-0.39, 0.29) is 5.91 Å². The van der Waals surface area contributed by atoms with E-state index in [0.29, 0.717) is 11.3 Å². The minimum atomic E-state index is -0.751. The van der Waals surface area contributed by atoms with E-state index in [0.717, 1.165) is 19.9 Å². The van der Waals surface area contributed by atoms with Crippen LogP contribution in [0.5, 0.6) is 5.75 Å². The van der Waals surface area contributed by atoms with Gasteiger partial charge in [0.1, 0.15) is 5.52 Å². The number of hydrogen-bond donors (Lipinski definition) is 0. The molecule has 0 aliphatic carbocycles. The SMILES string of the molecule is CN(C)C(=O)C(Oc1c(Br)cc(Br)c2cccnc12)c1ccccc1. The Balaban J connectivity index is 2.12. The molecule has 1 aromatic heterocycles. The number of pyridine rings is 1. The summed E-state index contributed by atoms with van der Waals surface area (Å²) in [6.45, 7) is 0. The number of fused-ring (bicyclic) bond motifs is 1. The van der Waals surface area contributed by atoms with E-state index in [2.05, 4.69) is 36.8 Å². The molecule has 1 atom stereocenters. The molecule has 128 valence electrons. The molecule has 25 heavy (non-hydrogen) atoms.